The van der Waals surface area contributed by atoms with E-state index in [1.165, 1.54) is 0 Å². The van der Waals surface area contributed by atoms with Gasteiger partial charge in [0.25, 0.3) is 5.91 Å². The van der Waals surface area contributed by atoms with Gasteiger partial charge < -0.3 is 4.57 Å². The van der Waals surface area contributed by atoms with Crippen molar-refractivity contribution in [3.63, 3.8) is 0 Å². The largest absolute Gasteiger partial charge is 0.316 e. The van der Waals surface area contributed by atoms with Crippen molar-refractivity contribution < 1.29 is 4.79 Å². The number of halogens is 2. The van der Waals surface area contributed by atoms with E-state index in [2.05, 4.69) is 10.5 Å². The van der Waals surface area contributed by atoms with Crippen LogP contribution in [0.3, 0.4) is 0 Å². The molecule has 27 heavy (non-hydrogen) atoms. The van der Waals surface area contributed by atoms with Crippen LogP contribution in [0, 0.1) is 20.8 Å². The molecule has 2 aromatic carbocycles. The predicted octanol–water partition coefficient (Wildman–Crippen LogP) is 5.47. The van der Waals surface area contributed by atoms with Gasteiger partial charge in [0.2, 0.25) is 0 Å². The fraction of sp³-hybridized carbons (Fsp3) is 0.143. The first-order valence-electron chi connectivity index (χ1n) is 8.42. The molecule has 0 aliphatic heterocycles. The number of hydrazone groups is 1. The van der Waals surface area contributed by atoms with Gasteiger partial charge in [-0.15, -0.1) is 0 Å². The first-order valence-corrected chi connectivity index (χ1v) is 9.18. The Kier molecular flexibility index (Phi) is 5.68. The lowest BCUT2D eigenvalue weighted by Gasteiger charge is -2.12. The number of hydrogen-bond acceptors (Lipinski definition) is 2. The van der Waals surface area contributed by atoms with Crippen LogP contribution in [0.15, 0.2) is 53.6 Å². The number of rotatable bonds is 4. The normalized spacial score (nSPS) is 11.1. The van der Waals surface area contributed by atoms with Gasteiger partial charge >= 0.3 is 0 Å². The lowest BCUT2D eigenvalue weighted by atomic mass is 10.1. The van der Waals surface area contributed by atoms with Gasteiger partial charge in [-0.2, -0.15) is 5.10 Å². The van der Waals surface area contributed by atoms with Crippen LogP contribution < -0.4 is 5.43 Å². The summed E-state index contributed by atoms with van der Waals surface area (Å²) in [6.45, 7) is 5.84. The average molecular weight is 400 g/mol. The summed E-state index contributed by atoms with van der Waals surface area (Å²) in [6.07, 6.45) is 1.63. The highest BCUT2D eigenvalue weighted by Gasteiger charge is 2.14. The van der Waals surface area contributed by atoms with E-state index in [4.69, 9.17) is 23.2 Å². The summed E-state index contributed by atoms with van der Waals surface area (Å²) in [5, 5.41) is 5.11. The van der Waals surface area contributed by atoms with E-state index in [1.807, 2.05) is 61.7 Å². The number of nitrogens with zero attached hydrogens (tertiary/aromatic N) is 2. The van der Waals surface area contributed by atoms with Crippen LogP contribution in [0.5, 0.6) is 0 Å². The summed E-state index contributed by atoms with van der Waals surface area (Å²) < 4.78 is 2.01. The highest BCUT2D eigenvalue weighted by Crippen LogP contribution is 2.31. The predicted molar refractivity (Wildman–Crippen MR) is 112 cm³/mol. The SMILES string of the molecule is Cc1ccccc1C(=O)N/N=C/c1cc(C)n(-c2cccc(Cl)c2Cl)c1C. The Morgan fingerprint density at radius 2 is 1.81 bits per heavy atom. The minimum atomic E-state index is -0.240. The fourth-order valence-electron chi connectivity index (χ4n) is 3.00. The molecule has 0 spiro atoms. The van der Waals surface area contributed by atoms with Gasteiger partial charge in [-0.05, 0) is 50.6 Å². The van der Waals surface area contributed by atoms with Crippen molar-refractivity contribution in [3.8, 4) is 5.69 Å². The Morgan fingerprint density at radius 1 is 1.07 bits per heavy atom. The van der Waals surface area contributed by atoms with Gasteiger partial charge in [-0.3, -0.25) is 4.79 Å². The van der Waals surface area contributed by atoms with E-state index in [0.29, 0.717) is 15.6 Å². The first kappa shape index (κ1) is 19.2. The van der Waals surface area contributed by atoms with E-state index >= 15 is 0 Å². The minimum Gasteiger partial charge on any atom is -0.316 e. The number of aryl methyl sites for hydroxylation is 2. The Balaban J connectivity index is 1.85. The maximum Gasteiger partial charge on any atom is 0.271 e. The van der Waals surface area contributed by atoms with Crippen LogP contribution in [0.1, 0.15) is 32.9 Å². The molecule has 0 fully saturated rings. The molecular formula is C21H19Cl2N3O. The first-order chi connectivity index (χ1) is 12.9. The standard InChI is InChI=1S/C21H19Cl2N3O/c1-13-7-4-5-8-17(13)21(27)25-24-12-16-11-14(2)26(15(16)3)19-10-6-9-18(22)20(19)23/h4-12H,1-3H3,(H,25,27)/b24-12+. The van der Waals surface area contributed by atoms with Gasteiger partial charge in [-0.25, -0.2) is 5.43 Å². The summed E-state index contributed by atoms with van der Waals surface area (Å²) >= 11 is 12.5. The second-order valence-corrected chi connectivity index (χ2v) is 7.03. The van der Waals surface area contributed by atoms with Crippen molar-refractivity contribution in [1.82, 2.24) is 9.99 Å². The Labute approximate surface area is 168 Å². The third-order valence-corrected chi connectivity index (χ3v) is 5.21. The van der Waals surface area contributed by atoms with E-state index in [9.17, 15) is 4.79 Å². The lowest BCUT2D eigenvalue weighted by Crippen LogP contribution is -2.18. The number of carbonyl (C=O) groups is 1. The molecule has 1 heterocycles. The molecule has 0 aliphatic rings. The zero-order valence-electron chi connectivity index (χ0n) is 15.3. The van der Waals surface area contributed by atoms with Crippen LogP contribution in [0.25, 0.3) is 5.69 Å². The maximum absolute atomic E-state index is 12.3. The van der Waals surface area contributed by atoms with Gasteiger partial charge in [-0.1, -0.05) is 47.5 Å². The Morgan fingerprint density at radius 3 is 2.56 bits per heavy atom. The van der Waals surface area contributed by atoms with Gasteiger partial charge in [0.15, 0.2) is 0 Å². The molecule has 0 atom stereocenters. The van der Waals surface area contributed by atoms with E-state index in [0.717, 1.165) is 28.2 Å². The van der Waals surface area contributed by atoms with Crippen molar-refractivity contribution >= 4 is 35.3 Å². The molecule has 1 N–H and O–H groups in total. The van der Waals surface area contributed by atoms with Crippen LogP contribution >= 0.6 is 23.2 Å². The van der Waals surface area contributed by atoms with Crippen molar-refractivity contribution in [2.75, 3.05) is 0 Å². The third kappa shape index (κ3) is 3.92. The maximum atomic E-state index is 12.3. The number of benzene rings is 2. The van der Waals surface area contributed by atoms with Gasteiger partial charge in [0.1, 0.15) is 0 Å². The number of hydrogen-bond donors (Lipinski definition) is 1. The number of amides is 1. The molecule has 0 saturated carbocycles. The van der Waals surface area contributed by atoms with E-state index in [1.54, 1.807) is 18.3 Å². The van der Waals surface area contributed by atoms with Crippen molar-refractivity contribution in [1.29, 1.82) is 0 Å². The van der Waals surface area contributed by atoms with E-state index < -0.39 is 0 Å². The highest BCUT2D eigenvalue weighted by molar-refractivity contribution is 6.43. The zero-order valence-corrected chi connectivity index (χ0v) is 16.8. The van der Waals surface area contributed by atoms with Crippen LogP contribution in [-0.4, -0.2) is 16.7 Å². The molecule has 0 unspecified atom stereocenters. The number of aromatic nitrogens is 1. The quantitative estimate of drug-likeness (QED) is 0.458. The molecule has 0 radical (unpaired) electrons. The summed E-state index contributed by atoms with van der Waals surface area (Å²) in [7, 11) is 0. The molecule has 1 amide bonds. The van der Waals surface area contributed by atoms with Crippen LogP contribution in [-0.2, 0) is 0 Å². The number of nitrogens with one attached hydrogen (secondary N) is 1. The lowest BCUT2D eigenvalue weighted by molar-refractivity contribution is 0.0954. The topological polar surface area (TPSA) is 46.4 Å². The molecule has 1 aromatic heterocycles. The molecule has 3 rings (SSSR count). The van der Waals surface area contributed by atoms with Crippen LogP contribution in [0.2, 0.25) is 10.0 Å². The molecule has 4 nitrogen and oxygen atoms in total. The molecule has 6 heteroatoms. The second-order valence-electron chi connectivity index (χ2n) is 6.25. The minimum absolute atomic E-state index is 0.240. The van der Waals surface area contributed by atoms with Crippen molar-refractivity contribution in [2.24, 2.45) is 5.10 Å². The zero-order chi connectivity index (χ0) is 19.6. The summed E-state index contributed by atoms with van der Waals surface area (Å²) in [6, 6.07) is 14.9. The van der Waals surface area contributed by atoms with Crippen molar-refractivity contribution in [2.45, 2.75) is 20.8 Å². The third-order valence-electron chi connectivity index (χ3n) is 4.40. The Hall–Kier alpha value is -2.56. The van der Waals surface area contributed by atoms with Crippen molar-refractivity contribution in [3.05, 3.63) is 86.7 Å². The average Bonchev–Trinajstić information content (AvgIpc) is 2.91. The fourth-order valence-corrected chi connectivity index (χ4v) is 3.38. The number of carbonyl (C=O) groups excluding carboxylic acids is 1. The molecule has 138 valence electrons. The van der Waals surface area contributed by atoms with Gasteiger partial charge in [0.05, 0.1) is 21.9 Å². The van der Waals surface area contributed by atoms with Crippen LogP contribution in [0.4, 0.5) is 0 Å². The summed E-state index contributed by atoms with van der Waals surface area (Å²) in [4.78, 5) is 12.3. The molecular weight excluding hydrogens is 381 g/mol. The highest BCUT2D eigenvalue weighted by atomic mass is 35.5. The molecule has 0 saturated heterocycles. The summed E-state index contributed by atoms with van der Waals surface area (Å²) in [5.74, 6) is -0.240. The Bertz CT molecular complexity index is 1040. The van der Waals surface area contributed by atoms with Gasteiger partial charge in [0, 0.05) is 22.5 Å². The summed E-state index contributed by atoms with van der Waals surface area (Å²) in [5.41, 5.74) is 7.71. The molecule has 0 bridgehead atoms. The van der Waals surface area contributed by atoms with E-state index in [-0.39, 0.29) is 5.91 Å². The monoisotopic (exact) mass is 399 g/mol. The second kappa shape index (κ2) is 7.99. The molecule has 0 aliphatic carbocycles. The molecule has 3 aromatic rings. The smallest absolute Gasteiger partial charge is 0.271 e.